The Bertz CT molecular complexity index is 2000. The van der Waals surface area contributed by atoms with Gasteiger partial charge in [0.25, 0.3) is 10.0 Å². The van der Waals surface area contributed by atoms with Crippen LogP contribution in [0.3, 0.4) is 0 Å². The molecule has 5 aromatic rings. The van der Waals surface area contributed by atoms with E-state index >= 15 is 0 Å². The summed E-state index contributed by atoms with van der Waals surface area (Å²) in [4.78, 5) is 24.6. The number of rotatable bonds is 10. The second kappa shape index (κ2) is 12.5. The van der Waals surface area contributed by atoms with E-state index < -0.39 is 37.9 Å². The van der Waals surface area contributed by atoms with Crippen LogP contribution in [0.25, 0.3) is 33.2 Å². The van der Waals surface area contributed by atoms with Crippen molar-refractivity contribution >= 4 is 32.6 Å². The van der Waals surface area contributed by atoms with Gasteiger partial charge < -0.3 is 14.6 Å². The van der Waals surface area contributed by atoms with E-state index in [1.165, 1.54) is 19.4 Å². The maximum Gasteiger partial charge on any atom is 0.314 e. The highest BCUT2D eigenvalue weighted by atomic mass is 32.2. The maximum absolute atomic E-state index is 14.3. The van der Waals surface area contributed by atoms with Crippen molar-refractivity contribution < 1.29 is 36.6 Å². The molecule has 232 valence electrons. The van der Waals surface area contributed by atoms with E-state index in [0.29, 0.717) is 28.4 Å². The Balaban J connectivity index is 1.45. The molecule has 0 spiro atoms. The summed E-state index contributed by atoms with van der Waals surface area (Å²) >= 11 is 0. The summed E-state index contributed by atoms with van der Waals surface area (Å²) in [6.07, 6.45) is 4.82. The van der Waals surface area contributed by atoms with E-state index in [1.807, 2.05) is 18.2 Å². The van der Waals surface area contributed by atoms with E-state index in [9.17, 15) is 27.1 Å². The molecule has 10 nitrogen and oxygen atoms in total. The average Bonchev–Trinajstić information content (AvgIpc) is 3.03. The lowest BCUT2D eigenvalue weighted by atomic mass is 9.95. The second-order valence-electron chi connectivity index (χ2n) is 10.7. The van der Waals surface area contributed by atoms with Crippen LogP contribution in [-0.2, 0) is 26.2 Å². The van der Waals surface area contributed by atoms with E-state index in [-0.39, 0.29) is 24.8 Å². The van der Waals surface area contributed by atoms with Crippen molar-refractivity contribution in [1.29, 1.82) is 0 Å². The SMILES string of the molecule is COc1ncc(-c2ccc3nccc(-c4ccc(COC(=O)C(C)(C)CO)nc4)c3c2)cc1NS(=O)(=O)c1ccc(F)cc1F. The molecule has 0 fully saturated rings. The summed E-state index contributed by atoms with van der Waals surface area (Å²) in [7, 11) is -3.15. The van der Waals surface area contributed by atoms with Crippen molar-refractivity contribution in [3.63, 3.8) is 0 Å². The summed E-state index contributed by atoms with van der Waals surface area (Å²) in [5, 5.41) is 10.1. The van der Waals surface area contributed by atoms with Gasteiger partial charge >= 0.3 is 5.97 Å². The minimum Gasteiger partial charge on any atom is -0.480 e. The molecule has 2 N–H and O–H groups in total. The van der Waals surface area contributed by atoms with Gasteiger partial charge in [-0.05, 0) is 67.4 Å². The van der Waals surface area contributed by atoms with Gasteiger partial charge in [-0.2, -0.15) is 0 Å². The van der Waals surface area contributed by atoms with Crippen molar-refractivity contribution in [3.8, 4) is 28.1 Å². The molecule has 0 atom stereocenters. The number of hydrogen-bond acceptors (Lipinski definition) is 9. The van der Waals surface area contributed by atoms with Crippen LogP contribution in [0, 0.1) is 17.0 Å². The lowest BCUT2D eigenvalue weighted by molar-refractivity contribution is -0.157. The predicted molar refractivity (Wildman–Crippen MR) is 163 cm³/mol. The summed E-state index contributed by atoms with van der Waals surface area (Å²) in [5.41, 5.74) is 2.93. The maximum atomic E-state index is 14.3. The Morgan fingerprint density at radius 1 is 0.933 bits per heavy atom. The number of carbonyl (C=O) groups excluding carboxylic acids is 1. The minimum absolute atomic E-state index is 0.0475. The number of ether oxygens (including phenoxy) is 2. The topological polar surface area (TPSA) is 141 Å². The van der Waals surface area contributed by atoms with Crippen LogP contribution in [0.15, 0.2) is 84.1 Å². The molecule has 0 bridgehead atoms. The number of sulfonamides is 1. The Morgan fingerprint density at radius 2 is 1.69 bits per heavy atom. The van der Waals surface area contributed by atoms with Gasteiger partial charge in [0.1, 0.15) is 28.8 Å². The number of fused-ring (bicyclic) bond motifs is 1. The number of pyridine rings is 3. The molecular formula is C32H28F2N4O6S. The Kier molecular flexibility index (Phi) is 8.75. The molecular weight excluding hydrogens is 606 g/mol. The van der Waals surface area contributed by atoms with Gasteiger partial charge in [-0.3, -0.25) is 19.5 Å². The molecule has 0 aliphatic rings. The number of nitrogens with zero attached hydrogens (tertiary/aromatic N) is 3. The molecule has 13 heteroatoms. The fraction of sp³-hybridized carbons (Fsp3) is 0.188. The Hall–Kier alpha value is -5.01. The Morgan fingerprint density at radius 3 is 2.38 bits per heavy atom. The largest absolute Gasteiger partial charge is 0.480 e. The molecule has 5 rings (SSSR count). The predicted octanol–water partition coefficient (Wildman–Crippen LogP) is 5.51. The molecule has 45 heavy (non-hydrogen) atoms. The first-order chi connectivity index (χ1) is 21.4. The lowest BCUT2D eigenvalue weighted by Crippen LogP contribution is -2.30. The first-order valence-electron chi connectivity index (χ1n) is 13.6. The number of aliphatic hydroxyl groups is 1. The van der Waals surface area contributed by atoms with Crippen LogP contribution in [0.5, 0.6) is 5.88 Å². The smallest absolute Gasteiger partial charge is 0.314 e. The highest BCUT2D eigenvalue weighted by Crippen LogP contribution is 2.34. The van der Waals surface area contributed by atoms with Crippen LogP contribution in [-0.4, -0.2) is 48.2 Å². The highest BCUT2D eigenvalue weighted by molar-refractivity contribution is 7.92. The van der Waals surface area contributed by atoms with Gasteiger partial charge in [0.2, 0.25) is 5.88 Å². The zero-order valence-corrected chi connectivity index (χ0v) is 25.2. The third kappa shape index (κ3) is 6.74. The molecule has 0 aliphatic heterocycles. The summed E-state index contributed by atoms with van der Waals surface area (Å²) in [6, 6.07) is 14.5. The Labute approximate surface area is 257 Å². The van der Waals surface area contributed by atoms with Crippen LogP contribution in [0.2, 0.25) is 0 Å². The number of benzene rings is 2. The highest BCUT2D eigenvalue weighted by Gasteiger charge is 2.28. The summed E-state index contributed by atoms with van der Waals surface area (Å²) < 4.78 is 66.4. The first-order valence-corrected chi connectivity index (χ1v) is 15.0. The number of nitrogens with one attached hydrogen (secondary N) is 1. The molecule has 0 unspecified atom stereocenters. The van der Waals surface area contributed by atoms with Gasteiger partial charge in [-0.1, -0.05) is 12.1 Å². The van der Waals surface area contributed by atoms with E-state index in [1.54, 1.807) is 44.4 Å². The van der Waals surface area contributed by atoms with Gasteiger partial charge in [0, 0.05) is 41.2 Å². The number of methoxy groups -OCH3 is 1. The number of aliphatic hydroxyl groups excluding tert-OH is 1. The van der Waals surface area contributed by atoms with Gasteiger partial charge in [-0.15, -0.1) is 0 Å². The van der Waals surface area contributed by atoms with Crippen molar-refractivity contribution in [3.05, 3.63) is 96.6 Å². The molecule has 0 amide bonds. The number of carbonyl (C=O) groups is 1. The number of aromatic nitrogens is 3. The monoisotopic (exact) mass is 634 g/mol. The van der Waals surface area contributed by atoms with Crippen LogP contribution >= 0.6 is 0 Å². The zero-order valence-electron chi connectivity index (χ0n) is 24.4. The zero-order chi connectivity index (χ0) is 32.4. The minimum atomic E-state index is -4.46. The molecule has 3 heterocycles. The van der Waals surface area contributed by atoms with E-state index in [2.05, 4.69) is 19.7 Å². The van der Waals surface area contributed by atoms with Crippen molar-refractivity contribution in [1.82, 2.24) is 15.0 Å². The van der Waals surface area contributed by atoms with E-state index in [4.69, 9.17) is 9.47 Å². The molecule has 0 radical (unpaired) electrons. The number of halogens is 2. The quantitative estimate of drug-likeness (QED) is 0.190. The second-order valence-corrected chi connectivity index (χ2v) is 12.4. The van der Waals surface area contributed by atoms with Crippen molar-refractivity contribution in [2.45, 2.75) is 25.3 Å². The van der Waals surface area contributed by atoms with Gasteiger partial charge in [0.05, 0.1) is 30.3 Å². The number of hydrogen-bond donors (Lipinski definition) is 2. The summed E-state index contributed by atoms with van der Waals surface area (Å²) in [5.74, 6) is -2.73. The molecule has 0 saturated carbocycles. The fourth-order valence-electron chi connectivity index (χ4n) is 4.38. The lowest BCUT2D eigenvalue weighted by Gasteiger charge is -2.19. The van der Waals surface area contributed by atoms with Crippen LogP contribution in [0.1, 0.15) is 19.5 Å². The normalized spacial score (nSPS) is 11.8. The number of anilines is 1. The summed E-state index contributed by atoms with van der Waals surface area (Å²) in [6.45, 7) is 2.79. The average molecular weight is 635 g/mol. The van der Waals surface area contributed by atoms with Crippen LogP contribution < -0.4 is 9.46 Å². The third-order valence-corrected chi connectivity index (χ3v) is 8.38. The van der Waals surface area contributed by atoms with Crippen molar-refractivity contribution in [2.24, 2.45) is 5.41 Å². The first kappa shape index (κ1) is 31.4. The van der Waals surface area contributed by atoms with Gasteiger partial charge in [-0.25, -0.2) is 22.2 Å². The number of esters is 1. The van der Waals surface area contributed by atoms with Crippen molar-refractivity contribution in [2.75, 3.05) is 18.4 Å². The fourth-order valence-corrected chi connectivity index (χ4v) is 5.49. The van der Waals surface area contributed by atoms with Crippen LogP contribution in [0.4, 0.5) is 14.5 Å². The molecule has 2 aromatic carbocycles. The standard InChI is InChI=1S/C32H28F2N4O6S/c1-32(2,18-39)31(40)44-17-23-7-4-20(15-36-23)24-10-11-35-27-8-5-19(12-25(24)27)21-13-28(30(43-3)37-16-21)38-45(41,42)29-9-6-22(33)14-26(29)34/h4-16,38-39H,17-18H2,1-3H3. The molecule has 3 aromatic heterocycles. The van der Waals surface area contributed by atoms with E-state index in [0.717, 1.165) is 28.6 Å². The molecule has 0 saturated heterocycles. The van der Waals surface area contributed by atoms with Gasteiger partial charge in [0.15, 0.2) is 0 Å². The third-order valence-electron chi connectivity index (χ3n) is 6.98. The molecule has 0 aliphatic carbocycles.